The average Bonchev–Trinajstić information content (AvgIpc) is 3.31. The van der Waals surface area contributed by atoms with Crippen molar-refractivity contribution < 1.29 is 4.52 Å². The summed E-state index contributed by atoms with van der Waals surface area (Å²) in [6, 6.07) is 8.52. The Hall–Kier alpha value is -2.51. The Kier molecular flexibility index (Phi) is 4.81. The maximum Gasteiger partial charge on any atom is 0.241 e. The molecule has 1 unspecified atom stereocenters. The molecule has 0 spiro atoms. The maximum absolute atomic E-state index is 5.52. The Morgan fingerprint density at radius 3 is 2.85 bits per heavy atom. The van der Waals surface area contributed by atoms with Crippen LogP contribution in [0.3, 0.4) is 0 Å². The van der Waals surface area contributed by atoms with Gasteiger partial charge in [-0.2, -0.15) is 4.98 Å². The highest BCUT2D eigenvalue weighted by atomic mass is 16.5. The number of aryl methyl sites for hydroxylation is 2. The molecule has 7 heteroatoms. The monoisotopic (exact) mass is 352 g/mol. The first-order valence-corrected chi connectivity index (χ1v) is 9.08. The van der Waals surface area contributed by atoms with Crippen molar-refractivity contribution in [3.8, 4) is 11.4 Å². The van der Waals surface area contributed by atoms with Gasteiger partial charge in [-0.15, -0.1) is 0 Å². The van der Waals surface area contributed by atoms with Crippen LogP contribution in [0.1, 0.15) is 30.2 Å². The zero-order valence-corrected chi connectivity index (χ0v) is 15.2. The third-order valence-corrected chi connectivity index (χ3v) is 4.94. The molecule has 2 aromatic heterocycles. The summed E-state index contributed by atoms with van der Waals surface area (Å²) in [5, 5.41) is 7.61. The summed E-state index contributed by atoms with van der Waals surface area (Å²) in [6.45, 7) is 5.50. The highest BCUT2D eigenvalue weighted by molar-refractivity contribution is 5.54. The van der Waals surface area contributed by atoms with Gasteiger partial charge in [-0.25, -0.2) is 4.98 Å². The first-order chi connectivity index (χ1) is 12.7. The Balaban J connectivity index is 1.51. The summed E-state index contributed by atoms with van der Waals surface area (Å²) in [6.07, 6.45) is 4.84. The predicted molar refractivity (Wildman–Crippen MR) is 98.3 cm³/mol. The number of benzene rings is 1. The molecule has 1 fully saturated rings. The fraction of sp³-hybridized carbons (Fsp3) is 0.421. The van der Waals surface area contributed by atoms with Gasteiger partial charge in [0.2, 0.25) is 11.7 Å². The molecule has 1 aliphatic rings. The molecule has 0 aliphatic carbocycles. The maximum atomic E-state index is 5.52. The van der Waals surface area contributed by atoms with Crippen LogP contribution in [0.5, 0.6) is 0 Å². The number of rotatable bonds is 5. The van der Waals surface area contributed by atoms with Crippen LogP contribution in [0, 0.1) is 0 Å². The second-order valence-corrected chi connectivity index (χ2v) is 6.65. The first kappa shape index (κ1) is 16.9. The van der Waals surface area contributed by atoms with Gasteiger partial charge in [0.15, 0.2) is 0 Å². The molecule has 0 amide bonds. The van der Waals surface area contributed by atoms with E-state index in [0.29, 0.717) is 18.3 Å². The number of hydrogen-bond donors (Lipinski definition) is 1. The first-order valence-electron chi connectivity index (χ1n) is 9.08. The average molecular weight is 352 g/mol. The van der Waals surface area contributed by atoms with Crippen LogP contribution < -0.4 is 5.32 Å². The van der Waals surface area contributed by atoms with Crippen LogP contribution in [0.4, 0.5) is 0 Å². The van der Waals surface area contributed by atoms with Gasteiger partial charge in [-0.1, -0.05) is 36.3 Å². The van der Waals surface area contributed by atoms with E-state index in [4.69, 9.17) is 4.52 Å². The largest absolute Gasteiger partial charge is 0.338 e. The van der Waals surface area contributed by atoms with Gasteiger partial charge in [0.25, 0.3) is 0 Å². The molecular formula is C19H24N6O. The number of imidazole rings is 1. The normalized spacial score (nSPS) is 18.3. The number of nitrogens with one attached hydrogen (secondary N) is 1. The molecule has 136 valence electrons. The van der Waals surface area contributed by atoms with Crippen molar-refractivity contribution in [2.75, 3.05) is 19.6 Å². The molecule has 1 atom stereocenters. The Labute approximate surface area is 153 Å². The molecule has 3 heterocycles. The van der Waals surface area contributed by atoms with Crippen molar-refractivity contribution in [2.24, 2.45) is 7.05 Å². The lowest BCUT2D eigenvalue weighted by atomic mass is 10.1. The summed E-state index contributed by atoms with van der Waals surface area (Å²) in [7, 11) is 2.03. The van der Waals surface area contributed by atoms with E-state index >= 15 is 0 Å². The molecule has 0 radical (unpaired) electrons. The lowest BCUT2D eigenvalue weighted by molar-refractivity contribution is 0.128. The van der Waals surface area contributed by atoms with Crippen LogP contribution in [0.2, 0.25) is 0 Å². The summed E-state index contributed by atoms with van der Waals surface area (Å²) in [4.78, 5) is 11.5. The summed E-state index contributed by atoms with van der Waals surface area (Å²) in [5.74, 6) is 2.33. The van der Waals surface area contributed by atoms with Crippen LogP contribution in [-0.4, -0.2) is 44.2 Å². The molecule has 1 N–H and O–H groups in total. The fourth-order valence-corrected chi connectivity index (χ4v) is 3.39. The molecule has 3 aromatic rings. The molecule has 1 aromatic carbocycles. The summed E-state index contributed by atoms with van der Waals surface area (Å²) < 4.78 is 7.59. The van der Waals surface area contributed by atoms with Gasteiger partial charge < -0.3 is 14.4 Å². The van der Waals surface area contributed by atoms with E-state index in [0.717, 1.165) is 37.4 Å². The SMILES string of the molecule is CCc1ccc(-c2noc(CN3CCNCC3c3nccn3C)n2)cc1. The Bertz CT molecular complexity index is 853. The summed E-state index contributed by atoms with van der Waals surface area (Å²) >= 11 is 0. The van der Waals surface area contributed by atoms with Gasteiger partial charge in [0.05, 0.1) is 12.6 Å². The van der Waals surface area contributed by atoms with E-state index in [1.165, 1.54) is 5.56 Å². The number of piperazine rings is 1. The van der Waals surface area contributed by atoms with Crippen LogP contribution >= 0.6 is 0 Å². The molecule has 0 saturated carbocycles. The molecule has 1 saturated heterocycles. The topological polar surface area (TPSA) is 72.0 Å². The minimum absolute atomic E-state index is 0.197. The van der Waals surface area contributed by atoms with Crippen molar-refractivity contribution in [3.05, 3.63) is 53.9 Å². The van der Waals surface area contributed by atoms with Crippen molar-refractivity contribution in [1.82, 2.24) is 29.9 Å². The standard InChI is InChI=1S/C19H24N6O/c1-3-14-4-6-15(7-5-14)18-22-17(26-23-18)13-25-11-8-20-12-16(25)19-21-9-10-24(19)2/h4-7,9-10,16,20H,3,8,11-13H2,1-2H3. The molecule has 7 nitrogen and oxygen atoms in total. The zero-order chi connectivity index (χ0) is 17.9. The molecule has 0 bridgehead atoms. The van der Waals surface area contributed by atoms with Gasteiger partial charge >= 0.3 is 0 Å². The van der Waals surface area contributed by atoms with E-state index in [9.17, 15) is 0 Å². The van der Waals surface area contributed by atoms with E-state index < -0.39 is 0 Å². The molecule has 26 heavy (non-hydrogen) atoms. The number of aromatic nitrogens is 4. The van der Waals surface area contributed by atoms with E-state index in [1.54, 1.807) is 0 Å². The summed E-state index contributed by atoms with van der Waals surface area (Å²) in [5.41, 5.74) is 2.29. The van der Waals surface area contributed by atoms with Crippen LogP contribution in [-0.2, 0) is 20.0 Å². The lowest BCUT2D eigenvalue weighted by Crippen LogP contribution is -2.46. The highest BCUT2D eigenvalue weighted by Gasteiger charge is 2.28. The van der Waals surface area contributed by atoms with Crippen molar-refractivity contribution in [3.63, 3.8) is 0 Å². The van der Waals surface area contributed by atoms with E-state index in [1.807, 2.05) is 19.4 Å². The van der Waals surface area contributed by atoms with E-state index in [-0.39, 0.29) is 6.04 Å². The quantitative estimate of drug-likeness (QED) is 0.759. The zero-order valence-electron chi connectivity index (χ0n) is 15.2. The van der Waals surface area contributed by atoms with Gasteiger partial charge in [-0.3, -0.25) is 4.90 Å². The van der Waals surface area contributed by atoms with Gasteiger partial charge in [-0.05, 0) is 12.0 Å². The minimum atomic E-state index is 0.197. The number of hydrogen-bond acceptors (Lipinski definition) is 6. The van der Waals surface area contributed by atoms with Crippen molar-refractivity contribution >= 4 is 0 Å². The third kappa shape index (κ3) is 3.40. The molecule has 4 rings (SSSR count). The Morgan fingerprint density at radius 2 is 2.12 bits per heavy atom. The van der Waals surface area contributed by atoms with Crippen LogP contribution in [0.25, 0.3) is 11.4 Å². The second-order valence-electron chi connectivity index (χ2n) is 6.65. The fourth-order valence-electron chi connectivity index (χ4n) is 3.39. The lowest BCUT2D eigenvalue weighted by Gasteiger charge is -2.34. The number of nitrogens with zero attached hydrogens (tertiary/aromatic N) is 5. The third-order valence-electron chi connectivity index (χ3n) is 4.94. The highest BCUT2D eigenvalue weighted by Crippen LogP contribution is 2.23. The minimum Gasteiger partial charge on any atom is -0.338 e. The van der Waals surface area contributed by atoms with Gasteiger partial charge in [0, 0.05) is 44.6 Å². The van der Waals surface area contributed by atoms with E-state index in [2.05, 4.69) is 61.1 Å². The second kappa shape index (κ2) is 7.39. The van der Waals surface area contributed by atoms with Crippen molar-refractivity contribution in [2.45, 2.75) is 25.9 Å². The van der Waals surface area contributed by atoms with Crippen LogP contribution in [0.15, 0.2) is 41.2 Å². The van der Waals surface area contributed by atoms with Crippen molar-refractivity contribution in [1.29, 1.82) is 0 Å². The molecule has 1 aliphatic heterocycles. The predicted octanol–water partition coefficient (Wildman–Crippen LogP) is 2.18. The molecular weight excluding hydrogens is 328 g/mol. The Morgan fingerprint density at radius 1 is 1.27 bits per heavy atom. The van der Waals surface area contributed by atoms with Gasteiger partial charge in [0.1, 0.15) is 5.82 Å². The smallest absolute Gasteiger partial charge is 0.241 e.